The van der Waals surface area contributed by atoms with Gasteiger partial charge in [0.25, 0.3) is 0 Å². The minimum absolute atomic E-state index is 0.573. The maximum atomic E-state index is 9.04. The van der Waals surface area contributed by atoms with E-state index in [2.05, 4.69) is 56.4 Å². The average Bonchev–Trinajstić information content (AvgIpc) is 2.75. The predicted molar refractivity (Wildman–Crippen MR) is 85.9 cm³/mol. The molecule has 0 amide bonds. The SMILES string of the molecule is Cc1c(CNCc2ccc(C(C)C)cc2)cc(C#N)n1C. The largest absolute Gasteiger partial charge is 0.340 e. The fraction of sp³-hybridized carbons (Fsp3) is 0.389. The van der Waals surface area contributed by atoms with Crippen LogP contribution in [0.1, 0.15) is 47.8 Å². The topological polar surface area (TPSA) is 40.8 Å². The first-order valence-corrected chi connectivity index (χ1v) is 7.37. The van der Waals surface area contributed by atoms with Crippen LogP contribution in [0.25, 0.3) is 0 Å². The summed E-state index contributed by atoms with van der Waals surface area (Å²) in [6, 6.07) is 12.9. The van der Waals surface area contributed by atoms with Crippen molar-refractivity contribution in [3.05, 3.63) is 58.4 Å². The van der Waals surface area contributed by atoms with Crippen molar-refractivity contribution < 1.29 is 0 Å². The molecule has 1 aromatic heterocycles. The van der Waals surface area contributed by atoms with Crippen molar-refractivity contribution in [2.24, 2.45) is 7.05 Å². The molecule has 0 spiro atoms. The highest BCUT2D eigenvalue weighted by atomic mass is 15.0. The lowest BCUT2D eigenvalue weighted by molar-refractivity contribution is 0.686. The van der Waals surface area contributed by atoms with Crippen molar-refractivity contribution >= 4 is 0 Å². The number of hydrogen-bond acceptors (Lipinski definition) is 2. The van der Waals surface area contributed by atoms with Crippen molar-refractivity contribution in [3.8, 4) is 6.07 Å². The third-order valence-electron chi connectivity index (χ3n) is 4.05. The second kappa shape index (κ2) is 6.60. The van der Waals surface area contributed by atoms with Crippen LogP contribution in [0.3, 0.4) is 0 Å². The van der Waals surface area contributed by atoms with Gasteiger partial charge < -0.3 is 9.88 Å². The molecule has 0 radical (unpaired) electrons. The van der Waals surface area contributed by atoms with Gasteiger partial charge in [-0.05, 0) is 35.6 Å². The minimum atomic E-state index is 0.573. The standard InChI is InChI=1S/C18H23N3/c1-13(2)16-7-5-15(6-8-16)11-20-12-17-9-18(10-19)21(4)14(17)3/h5-9,13,20H,11-12H2,1-4H3. The zero-order valence-corrected chi connectivity index (χ0v) is 13.3. The second-order valence-corrected chi connectivity index (χ2v) is 5.81. The second-order valence-electron chi connectivity index (χ2n) is 5.81. The Bertz CT molecular complexity index is 642. The molecule has 0 atom stereocenters. The van der Waals surface area contributed by atoms with Gasteiger partial charge in [-0.3, -0.25) is 0 Å². The summed E-state index contributed by atoms with van der Waals surface area (Å²) < 4.78 is 1.94. The first-order valence-electron chi connectivity index (χ1n) is 7.37. The van der Waals surface area contributed by atoms with E-state index in [0.717, 1.165) is 18.8 Å². The highest BCUT2D eigenvalue weighted by Gasteiger charge is 2.08. The zero-order chi connectivity index (χ0) is 15.4. The Morgan fingerprint density at radius 3 is 2.38 bits per heavy atom. The number of rotatable bonds is 5. The monoisotopic (exact) mass is 281 g/mol. The molecule has 0 saturated carbocycles. The van der Waals surface area contributed by atoms with Gasteiger partial charge in [-0.2, -0.15) is 5.26 Å². The molecule has 0 unspecified atom stereocenters. The Morgan fingerprint density at radius 1 is 1.19 bits per heavy atom. The first-order chi connectivity index (χ1) is 10.0. The average molecular weight is 281 g/mol. The number of nitrogens with one attached hydrogen (secondary N) is 1. The molecule has 2 rings (SSSR count). The van der Waals surface area contributed by atoms with Crippen LogP contribution in [-0.4, -0.2) is 4.57 Å². The third kappa shape index (κ3) is 3.53. The van der Waals surface area contributed by atoms with Gasteiger partial charge in [-0.25, -0.2) is 0 Å². The Labute approximate surface area is 127 Å². The van der Waals surface area contributed by atoms with Crippen molar-refractivity contribution in [2.75, 3.05) is 0 Å². The molecule has 0 aliphatic rings. The molecular formula is C18H23N3. The maximum Gasteiger partial charge on any atom is 0.120 e. The highest BCUT2D eigenvalue weighted by molar-refractivity contribution is 5.34. The number of hydrogen-bond donors (Lipinski definition) is 1. The van der Waals surface area contributed by atoms with Gasteiger partial charge in [-0.1, -0.05) is 38.1 Å². The first kappa shape index (κ1) is 15.3. The summed E-state index contributed by atoms with van der Waals surface area (Å²) in [7, 11) is 1.93. The molecule has 3 nitrogen and oxygen atoms in total. The normalized spacial score (nSPS) is 10.9. The molecule has 1 aromatic carbocycles. The third-order valence-corrected chi connectivity index (χ3v) is 4.05. The van der Waals surface area contributed by atoms with Crippen molar-refractivity contribution in [3.63, 3.8) is 0 Å². The van der Waals surface area contributed by atoms with E-state index in [-0.39, 0.29) is 0 Å². The van der Waals surface area contributed by atoms with Gasteiger partial charge in [0.2, 0.25) is 0 Å². The summed E-state index contributed by atoms with van der Waals surface area (Å²) in [6.07, 6.45) is 0. The Kier molecular flexibility index (Phi) is 4.82. The van der Waals surface area contributed by atoms with Gasteiger partial charge >= 0.3 is 0 Å². The quantitative estimate of drug-likeness (QED) is 0.909. The van der Waals surface area contributed by atoms with E-state index >= 15 is 0 Å². The molecule has 0 bridgehead atoms. The van der Waals surface area contributed by atoms with E-state index in [1.165, 1.54) is 16.7 Å². The summed E-state index contributed by atoms with van der Waals surface area (Å²) in [6.45, 7) is 8.09. The zero-order valence-electron chi connectivity index (χ0n) is 13.3. The van der Waals surface area contributed by atoms with E-state index in [0.29, 0.717) is 11.6 Å². The Hall–Kier alpha value is -2.05. The Morgan fingerprint density at radius 2 is 1.86 bits per heavy atom. The van der Waals surface area contributed by atoms with Gasteiger partial charge in [0.1, 0.15) is 11.8 Å². The summed E-state index contributed by atoms with van der Waals surface area (Å²) >= 11 is 0. The predicted octanol–water partition coefficient (Wildman–Crippen LogP) is 3.62. The fourth-order valence-electron chi connectivity index (χ4n) is 2.41. The molecule has 3 heteroatoms. The number of benzene rings is 1. The van der Waals surface area contributed by atoms with Gasteiger partial charge in [-0.15, -0.1) is 0 Å². The molecular weight excluding hydrogens is 258 g/mol. The van der Waals surface area contributed by atoms with Crippen molar-refractivity contribution in [1.29, 1.82) is 5.26 Å². The van der Waals surface area contributed by atoms with Crippen LogP contribution in [0.4, 0.5) is 0 Å². The number of aromatic nitrogens is 1. The van der Waals surface area contributed by atoms with Crippen molar-refractivity contribution in [1.82, 2.24) is 9.88 Å². The van der Waals surface area contributed by atoms with Crippen LogP contribution in [0.2, 0.25) is 0 Å². The lowest BCUT2D eigenvalue weighted by atomic mass is 10.0. The minimum Gasteiger partial charge on any atom is -0.340 e. The molecule has 110 valence electrons. The van der Waals surface area contributed by atoms with Crippen LogP contribution >= 0.6 is 0 Å². The summed E-state index contributed by atoms with van der Waals surface area (Å²) in [4.78, 5) is 0. The number of nitrogens with zero attached hydrogens (tertiary/aromatic N) is 2. The molecule has 0 saturated heterocycles. The molecule has 21 heavy (non-hydrogen) atoms. The summed E-state index contributed by atoms with van der Waals surface area (Å²) in [5.41, 5.74) is 5.71. The Balaban J connectivity index is 1.94. The van der Waals surface area contributed by atoms with E-state index < -0.39 is 0 Å². The van der Waals surface area contributed by atoms with Crippen LogP contribution in [0.5, 0.6) is 0 Å². The fourth-order valence-corrected chi connectivity index (χ4v) is 2.41. The molecule has 0 aliphatic carbocycles. The molecule has 1 N–H and O–H groups in total. The van der Waals surface area contributed by atoms with E-state index in [1.807, 2.05) is 17.7 Å². The maximum absolute atomic E-state index is 9.04. The molecule has 1 heterocycles. The van der Waals surface area contributed by atoms with E-state index in [9.17, 15) is 0 Å². The van der Waals surface area contributed by atoms with Crippen LogP contribution in [-0.2, 0) is 20.1 Å². The molecule has 0 aliphatic heterocycles. The lowest BCUT2D eigenvalue weighted by Crippen LogP contribution is -2.13. The number of nitriles is 1. The van der Waals surface area contributed by atoms with Gasteiger partial charge in [0, 0.05) is 25.8 Å². The summed E-state index contributed by atoms with van der Waals surface area (Å²) in [5.74, 6) is 0.573. The highest BCUT2D eigenvalue weighted by Crippen LogP contribution is 2.15. The van der Waals surface area contributed by atoms with Gasteiger partial charge in [0.05, 0.1) is 0 Å². The van der Waals surface area contributed by atoms with Gasteiger partial charge in [0.15, 0.2) is 0 Å². The molecule has 0 fully saturated rings. The van der Waals surface area contributed by atoms with E-state index in [4.69, 9.17) is 5.26 Å². The van der Waals surface area contributed by atoms with Crippen LogP contribution in [0, 0.1) is 18.3 Å². The van der Waals surface area contributed by atoms with Crippen LogP contribution in [0.15, 0.2) is 30.3 Å². The molecule has 2 aromatic rings. The van der Waals surface area contributed by atoms with E-state index in [1.54, 1.807) is 0 Å². The lowest BCUT2D eigenvalue weighted by Gasteiger charge is -2.08. The van der Waals surface area contributed by atoms with Crippen molar-refractivity contribution in [2.45, 2.75) is 39.8 Å². The summed E-state index contributed by atoms with van der Waals surface area (Å²) in [5, 5.41) is 12.5. The smallest absolute Gasteiger partial charge is 0.120 e. The van der Waals surface area contributed by atoms with Crippen LogP contribution < -0.4 is 5.32 Å².